The van der Waals surface area contributed by atoms with Gasteiger partial charge in [-0.3, -0.25) is 4.48 Å². The normalized spacial score (nSPS) is 25.7. The van der Waals surface area contributed by atoms with Crippen molar-refractivity contribution in [1.82, 2.24) is 0 Å². The molecule has 1 aromatic rings. The van der Waals surface area contributed by atoms with E-state index in [1.807, 2.05) is 30.3 Å². The van der Waals surface area contributed by atoms with E-state index in [1.165, 1.54) is 0 Å². The smallest absolute Gasteiger partial charge is 0.347 e. The number of aliphatic hydroxyl groups is 1. The summed E-state index contributed by atoms with van der Waals surface area (Å²) in [7, 11) is 4.17. The zero-order valence-corrected chi connectivity index (χ0v) is 15.3. The zero-order chi connectivity index (χ0) is 16.5. The average molecular weight is 354 g/mol. The van der Waals surface area contributed by atoms with Crippen LogP contribution in [-0.4, -0.2) is 42.4 Å². The number of benzene rings is 1. The summed E-state index contributed by atoms with van der Waals surface area (Å²) in [5, 5.41) is 11.4. The number of ether oxygens (including phenoxy) is 1. The minimum absolute atomic E-state index is 0. The lowest BCUT2D eigenvalue weighted by molar-refractivity contribution is -0.921. The number of rotatable bonds is 4. The van der Waals surface area contributed by atoms with Gasteiger partial charge in [-0.15, -0.1) is 0 Å². The van der Waals surface area contributed by atoms with Crippen LogP contribution in [0.15, 0.2) is 30.3 Å². The van der Waals surface area contributed by atoms with Gasteiger partial charge in [0.2, 0.25) is 6.23 Å². The van der Waals surface area contributed by atoms with Gasteiger partial charge in [-0.2, -0.15) is 0 Å². The fraction of sp³-hybridized carbons (Fsp3) is 0.632. The molecular weight excluding hydrogens is 326 g/mol. The molecule has 4 nitrogen and oxygen atoms in total. The molecule has 2 atom stereocenters. The first-order valence-electron chi connectivity index (χ1n) is 8.76. The third kappa shape index (κ3) is 3.46. The van der Waals surface area contributed by atoms with Crippen LogP contribution in [0.2, 0.25) is 0 Å². The Labute approximate surface area is 150 Å². The first kappa shape index (κ1) is 19.2. The Morgan fingerprint density at radius 1 is 1.12 bits per heavy atom. The van der Waals surface area contributed by atoms with E-state index in [0.717, 1.165) is 45.1 Å². The predicted molar refractivity (Wildman–Crippen MR) is 88.4 cm³/mol. The summed E-state index contributed by atoms with van der Waals surface area (Å²) in [6.07, 6.45) is 5.66. The molecule has 1 aromatic carbocycles. The van der Waals surface area contributed by atoms with Crippen LogP contribution in [-0.2, 0) is 15.1 Å². The highest BCUT2D eigenvalue weighted by Crippen LogP contribution is 2.42. The highest BCUT2D eigenvalue weighted by molar-refractivity contribution is 5.81. The van der Waals surface area contributed by atoms with Crippen LogP contribution in [0.1, 0.15) is 44.1 Å². The number of hydrogen-bond donors (Lipinski definition) is 1. The number of carbonyl (C=O) groups excluding carboxylic acids is 1. The predicted octanol–water partition coefficient (Wildman–Crippen LogP) is -0.192. The van der Waals surface area contributed by atoms with Crippen molar-refractivity contribution in [1.29, 1.82) is 0 Å². The van der Waals surface area contributed by atoms with Gasteiger partial charge in [-0.1, -0.05) is 43.2 Å². The van der Waals surface area contributed by atoms with Crippen molar-refractivity contribution < 1.29 is 31.5 Å². The molecule has 1 heterocycles. The van der Waals surface area contributed by atoms with Crippen molar-refractivity contribution in [3.63, 3.8) is 0 Å². The first-order valence-corrected chi connectivity index (χ1v) is 8.76. The van der Waals surface area contributed by atoms with Crippen LogP contribution < -0.4 is 12.4 Å². The summed E-state index contributed by atoms with van der Waals surface area (Å²) in [4.78, 5) is 13.0. The molecule has 24 heavy (non-hydrogen) atoms. The van der Waals surface area contributed by atoms with E-state index in [4.69, 9.17) is 4.74 Å². The Kier molecular flexibility index (Phi) is 5.95. The first-order chi connectivity index (χ1) is 10.9. The van der Waals surface area contributed by atoms with Gasteiger partial charge in [0.1, 0.15) is 0 Å². The van der Waals surface area contributed by atoms with Crippen molar-refractivity contribution in [2.45, 2.75) is 50.4 Å². The fourth-order valence-corrected chi connectivity index (χ4v) is 4.14. The summed E-state index contributed by atoms with van der Waals surface area (Å²) < 4.78 is 6.52. The third-order valence-corrected chi connectivity index (χ3v) is 5.68. The van der Waals surface area contributed by atoms with E-state index in [1.54, 1.807) is 0 Å². The number of esters is 1. The van der Waals surface area contributed by atoms with Crippen LogP contribution in [0.4, 0.5) is 0 Å². The van der Waals surface area contributed by atoms with Gasteiger partial charge in [-0.05, 0) is 18.4 Å². The number of hydrogen-bond acceptors (Lipinski definition) is 3. The Bertz CT molecular complexity index is 557. The van der Waals surface area contributed by atoms with Gasteiger partial charge in [0.05, 0.1) is 20.6 Å². The molecule has 0 spiro atoms. The molecule has 2 aliphatic rings. The highest BCUT2D eigenvalue weighted by atomic mass is 35.5. The summed E-state index contributed by atoms with van der Waals surface area (Å²) in [6, 6.07) is 9.33. The number of halogens is 1. The summed E-state index contributed by atoms with van der Waals surface area (Å²) in [6.45, 7) is 1.01. The average Bonchev–Trinajstić information content (AvgIpc) is 3.18. The van der Waals surface area contributed by atoms with Crippen LogP contribution in [0.3, 0.4) is 0 Å². The van der Waals surface area contributed by atoms with E-state index in [-0.39, 0.29) is 24.6 Å². The Balaban J connectivity index is 0.00000208. The van der Waals surface area contributed by atoms with E-state index in [2.05, 4.69) is 14.1 Å². The molecule has 1 aliphatic carbocycles. The van der Waals surface area contributed by atoms with Gasteiger partial charge < -0.3 is 22.3 Å². The van der Waals surface area contributed by atoms with Crippen molar-refractivity contribution in [2.24, 2.45) is 5.92 Å². The molecule has 1 saturated heterocycles. The fourth-order valence-electron chi connectivity index (χ4n) is 4.14. The van der Waals surface area contributed by atoms with E-state index in [0.29, 0.717) is 10.0 Å². The Hall–Kier alpha value is -1.10. The molecule has 1 unspecified atom stereocenters. The molecule has 134 valence electrons. The SMILES string of the molecule is C[N+]1(C)CCCC1OC(=O)[C@](O)(c1ccccc1)C1CCCC1.[Cl-]. The largest absolute Gasteiger partial charge is 1.00 e. The molecule has 1 saturated carbocycles. The van der Waals surface area contributed by atoms with Gasteiger partial charge in [-0.25, -0.2) is 4.79 Å². The maximum Gasteiger partial charge on any atom is 0.347 e. The number of likely N-dealkylation sites (tertiary alicyclic amines) is 1. The standard InChI is InChI=1S/C19H28NO3.ClH/c1-20(2)14-8-13-17(20)23-18(21)19(22,16-11-6-7-12-16)15-9-4-3-5-10-15;/h3-5,9-10,16-17,22H,6-8,11-14H2,1-2H3;1H/q+1;/p-1/t17?,19-;/m0./s1. The lowest BCUT2D eigenvalue weighted by Gasteiger charge is -2.36. The minimum atomic E-state index is -1.51. The van der Waals surface area contributed by atoms with E-state index < -0.39 is 11.6 Å². The Morgan fingerprint density at radius 2 is 1.75 bits per heavy atom. The minimum Gasteiger partial charge on any atom is -1.00 e. The maximum atomic E-state index is 13.0. The summed E-state index contributed by atoms with van der Waals surface area (Å²) in [5.74, 6) is -0.511. The zero-order valence-electron chi connectivity index (χ0n) is 14.6. The molecule has 0 amide bonds. The second-order valence-corrected chi connectivity index (χ2v) is 7.62. The van der Waals surface area contributed by atoms with Crippen molar-refractivity contribution in [2.75, 3.05) is 20.6 Å². The van der Waals surface area contributed by atoms with Crippen LogP contribution in [0, 0.1) is 5.92 Å². The van der Waals surface area contributed by atoms with E-state index >= 15 is 0 Å². The van der Waals surface area contributed by atoms with Gasteiger partial charge in [0, 0.05) is 18.8 Å². The third-order valence-electron chi connectivity index (χ3n) is 5.68. The van der Waals surface area contributed by atoms with Gasteiger partial charge in [0.15, 0.2) is 5.60 Å². The number of carbonyl (C=O) groups is 1. The quantitative estimate of drug-likeness (QED) is 0.603. The summed E-state index contributed by atoms with van der Waals surface area (Å²) >= 11 is 0. The summed E-state index contributed by atoms with van der Waals surface area (Å²) in [5.41, 5.74) is -0.847. The van der Waals surface area contributed by atoms with Crippen molar-refractivity contribution in [3.8, 4) is 0 Å². The van der Waals surface area contributed by atoms with Crippen LogP contribution in [0.25, 0.3) is 0 Å². The maximum absolute atomic E-state index is 13.0. The lowest BCUT2D eigenvalue weighted by Crippen LogP contribution is -3.00. The van der Waals surface area contributed by atoms with Crippen molar-refractivity contribution >= 4 is 5.97 Å². The topological polar surface area (TPSA) is 46.5 Å². The molecule has 3 rings (SSSR count). The molecule has 2 fully saturated rings. The van der Waals surface area contributed by atoms with Gasteiger partial charge >= 0.3 is 5.97 Å². The molecule has 1 aliphatic heterocycles. The second-order valence-electron chi connectivity index (χ2n) is 7.62. The molecule has 0 bridgehead atoms. The molecule has 5 heteroatoms. The molecule has 0 aromatic heterocycles. The second kappa shape index (κ2) is 7.42. The van der Waals surface area contributed by atoms with Crippen LogP contribution >= 0.6 is 0 Å². The monoisotopic (exact) mass is 353 g/mol. The van der Waals surface area contributed by atoms with Crippen molar-refractivity contribution in [3.05, 3.63) is 35.9 Å². The number of quaternary nitrogens is 1. The van der Waals surface area contributed by atoms with Crippen LogP contribution in [0.5, 0.6) is 0 Å². The lowest BCUT2D eigenvalue weighted by atomic mass is 9.80. The molecule has 0 radical (unpaired) electrons. The molecule has 1 N–H and O–H groups in total. The number of nitrogens with zero attached hydrogens (tertiary/aromatic N) is 1. The van der Waals surface area contributed by atoms with Gasteiger partial charge in [0.25, 0.3) is 0 Å². The Morgan fingerprint density at radius 3 is 2.29 bits per heavy atom. The molecular formula is C19H28ClNO3. The highest BCUT2D eigenvalue weighted by Gasteiger charge is 2.50. The van der Waals surface area contributed by atoms with E-state index in [9.17, 15) is 9.90 Å².